The molecule has 0 spiro atoms. The fourth-order valence-corrected chi connectivity index (χ4v) is 3.72. The number of hydrogen-bond acceptors (Lipinski definition) is 3. The van der Waals surface area contributed by atoms with Crippen LogP contribution < -0.4 is 11.1 Å². The maximum atomic E-state index is 11.5. The molecule has 1 saturated carbocycles. The molecular formula is C11H22N2OS. The van der Waals surface area contributed by atoms with Crippen LogP contribution in [0.3, 0.4) is 0 Å². The van der Waals surface area contributed by atoms with Gasteiger partial charge in [-0.05, 0) is 31.1 Å². The number of amides is 1. The van der Waals surface area contributed by atoms with Crippen LogP contribution in [0.25, 0.3) is 0 Å². The van der Waals surface area contributed by atoms with Crippen molar-refractivity contribution in [1.82, 2.24) is 5.32 Å². The highest BCUT2D eigenvalue weighted by atomic mass is 32.2. The zero-order valence-corrected chi connectivity index (χ0v) is 10.7. The Bertz CT molecular complexity index is 233. The molecule has 0 bridgehead atoms. The second-order valence-electron chi connectivity index (χ2n) is 4.53. The van der Waals surface area contributed by atoms with Crippen molar-refractivity contribution in [2.24, 2.45) is 5.73 Å². The Hall–Kier alpha value is -0.220. The number of likely N-dealkylation sites (N-methyl/N-ethyl adjacent to an activating group) is 1. The Labute approximate surface area is 96.6 Å². The number of thioether (sulfide) groups is 1. The molecule has 1 aliphatic carbocycles. The maximum absolute atomic E-state index is 11.5. The van der Waals surface area contributed by atoms with E-state index < -0.39 is 5.54 Å². The summed E-state index contributed by atoms with van der Waals surface area (Å²) in [7, 11) is 0. The Morgan fingerprint density at radius 2 is 2.33 bits per heavy atom. The van der Waals surface area contributed by atoms with Crippen molar-refractivity contribution in [2.45, 2.75) is 56.1 Å². The fourth-order valence-electron chi connectivity index (χ4n) is 2.31. The van der Waals surface area contributed by atoms with Gasteiger partial charge in [0.1, 0.15) is 0 Å². The van der Waals surface area contributed by atoms with Crippen LogP contribution in [0.2, 0.25) is 0 Å². The molecule has 0 aromatic carbocycles. The van der Waals surface area contributed by atoms with Crippen molar-refractivity contribution in [3.63, 3.8) is 0 Å². The average molecular weight is 230 g/mol. The van der Waals surface area contributed by atoms with Gasteiger partial charge in [-0.1, -0.05) is 20.8 Å². The molecule has 1 aliphatic rings. The first kappa shape index (κ1) is 12.8. The molecule has 0 heterocycles. The van der Waals surface area contributed by atoms with E-state index in [0.717, 1.165) is 25.8 Å². The van der Waals surface area contributed by atoms with Crippen LogP contribution in [0.1, 0.15) is 40.0 Å². The average Bonchev–Trinajstić information content (AvgIpc) is 2.49. The molecule has 3 N–H and O–H groups in total. The summed E-state index contributed by atoms with van der Waals surface area (Å²) in [5.41, 5.74) is 5.07. The molecule has 0 aromatic heterocycles. The molecule has 0 aromatic rings. The molecule has 0 radical (unpaired) electrons. The minimum Gasteiger partial charge on any atom is -0.368 e. The molecule has 1 amide bonds. The SMILES string of the molecule is CCNC1(C(N)=O)CCC(SC(C)C)C1. The molecular weight excluding hydrogens is 208 g/mol. The lowest BCUT2D eigenvalue weighted by atomic mass is 9.97. The Kier molecular flexibility index (Phi) is 4.46. The van der Waals surface area contributed by atoms with Crippen LogP contribution in [-0.2, 0) is 4.79 Å². The molecule has 15 heavy (non-hydrogen) atoms. The molecule has 2 atom stereocenters. The summed E-state index contributed by atoms with van der Waals surface area (Å²) in [4.78, 5) is 11.5. The third kappa shape index (κ3) is 3.11. The van der Waals surface area contributed by atoms with Gasteiger partial charge in [0, 0.05) is 5.25 Å². The standard InChI is InChI=1S/C11H22N2OS/c1-4-13-11(10(12)14)6-5-9(7-11)15-8(2)3/h8-9,13H,4-7H2,1-3H3,(H2,12,14). The normalized spacial score (nSPS) is 31.1. The first-order valence-corrected chi connectivity index (χ1v) is 6.65. The van der Waals surface area contributed by atoms with E-state index in [1.54, 1.807) is 0 Å². The van der Waals surface area contributed by atoms with Crippen LogP contribution in [0.5, 0.6) is 0 Å². The van der Waals surface area contributed by atoms with Crippen molar-refractivity contribution in [1.29, 1.82) is 0 Å². The number of primary amides is 1. The largest absolute Gasteiger partial charge is 0.368 e. The first-order chi connectivity index (χ1) is 7.00. The second kappa shape index (κ2) is 5.21. The Morgan fingerprint density at radius 1 is 1.67 bits per heavy atom. The van der Waals surface area contributed by atoms with Gasteiger partial charge in [-0.2, -0.15) is 11.8 Å². The number of nitrogens with two attached hydrogens (primary N) is 1. The molecule has 3 nitrogen and oxygen atoms in total. The monoisotopic (exact) mass is 230 g/mol. The van der Waals surface area contributed by atoms with Gasteiger partial charge in [0.2, 0.25) is 5.91 Å². The summed E-state index contributed by atoms with van der Waals surface area (Å²) in [6.45, 7) is 7.22. The molecule has 0 aliphatic heterocycles. The second-order valence-corrected chi connectivity index (χ2v) is 6.41. The molecule has 1 rings (SSSR count). The van der Waals surface area contributed by atoms with Crippen LogP contribution in [0.15, 0.2) is 0 Å². The first-order valence-electron chi connectivity index (χ1n) is 5.70. The van der Waals surface area contributed by atoms with Gasteiger partial charge in [-0.25, -0.2) is 0 Å². The Balaban J connectivity index is 2.59. The van der Waals surface area contributed by atoms with E-state index >= 15 is 0 Å². The molecule has 0 saturated heterocycles. The topological polar surface area (TPSA) is 55.1 Å². The lowest BCUT2D eigenvalue weighted by Gasteiger charge is -2.26. The number of hydrogen-bond donors (Lipinski definition) is 2. The number of carbonyl (C=O) groups is 1. The third-order valence-electron chi connectivity index (χ3n) is 2.92. The lowest BCUT2D eigenvalue weighted by molar-refractivity contribution is -0.124. The van der Waals surface area contributed by atoms with E-state index in [9.17, 15) is 4.79 Å². The smallest absolute Gasteiger partial charge is 0.237 e. The molecule has 88 valence electrons. The van der Waals surface area contributed by atoms with Crippen LogP contribution >= 0.6 is 11.8 Å². The van der Waals surface area contributed by atoms with Gasteiger partial charge in [0.25, 0.3) is 0 Å². The van der Waals surface area contributed by atoms with Crippen molar-refractivity contribution in [3.05, 3.63) is 0 Å². The van der Waals surface area contributed by atoms with Gasteiger partial charge in [-0.3, -0.25) is 4.79 Å². The summed E-state index contributed by atoms with van der Waals surface area (Å²) in [6, 6.07) is 0. The summed E-state index contributed by atoms with van der Waals surface area (Å²) in [5.74, 6) is -0.184. The van der Waals surface area contributed by atoms with Crippen LogP contribution in [0, 0.1) is 0 Å². The molecule has 4 heteroatoms. The highest BCUT2D eigenvalue weighted by Gasteiger charge is 2.43. The predicted molar refractivity (Wildman–Crippen MR) is 66.0 cm³/mol. The van der Waals surface area contributed by atoms with Crippen LogP contribution in [0.4, 0.5) is 0 Å². The van der Waals surface area contributed by atoms with Gasteiger partial charge in [0.05, 0.1) is 5.54 Å². The fraction of sp³-hybridized carbons (Fsp3) is 0.909. The van der Waals surface area contributed by atoms with Gasteiger partial charge >= 0.3 is 0 Å². The summed E-state index contributed by atoms with van der Waals surface area (Å²) in [5, 5.41) is 4.48. The molecule has 2 unspecified atom stereocenters. The van der Waals surface area contributed by atoms with Crippen molar-refractivity contribution in [3.8, 4) is 0 Å². The summed E-state index contributed by atoms with van der Waals surface area (Å²) < 4.78 is 0. The third-order valence-corrected chi connectivity index (χ3v) is 4.25. The molecule has 1 fully saturated rings. The van der Waals surface area contributed by atoms with Crippen molar-refractivity contribution < 1.29 is 4.79 Å². The highest BCUT2D eigenvalue weighted by Crippen LogP contribution is 2.38. The number of carbonyl (C=O) groups excluding carboxylic acids is 1. The zero-order chi connectivity index (χ0) is 11.5. The van der Waals surface area contributed by atoms with E-state index in [1.807, 2.05) is 18.7 Å². The van der Waals surface area contributed by atoms with Crippen molar-refractivity contribution in [2.75, 3.05) is 6.54 Å². The van der Waals surface area contributed by atoms with E-state index in [4.69, 9.17) is 5.73 Å². The van der Waals surface area contributed by atoms with E-state index in [-0.39, 0.29) is 5.91 Å². The lowest BCUT2D eigenvalue weighted by Crippen LogP contribution is -2.53. The van der Waals surface area contributed by atoms with Gasteiger partial charge in [0.15, 0.2) is 0 Å². The van der Waals surface area contributed by atoms with Gasteiger partial charge in [-0.15, -0.1) is 0 Å². The van der Waals surface area contributed by atoms with Crippen LogP contribution in [-0.4, -0.2) is 28.5 Å². The van der Waals surface area contributed by atoms with Gasteiger partial charge < -0.3 is 11.1 Å². The predicted octanol–water partition coefficient (Wildman–Crippen LogP) is 1.51. The number of nitrogens with one attached hydrogen (secondary N) is 1. The zero-order valence-electron chi connectivity index (χ0n) is 9.88. The quantitative estimate of drug-likeness (QED) is 0.753. The summed E-state index contributed by atoms with van der Waals surface area (Å²) >= 11 is 1.96. The van der Waals surface area contributed by atoms with Crippen molar-refractivity contribution >= 4 is 17.7 Å². The van der Waals surface area contributed by atoms with E-state index in [0.29, 0.717) is 10.5 Å². The minimum atomic E-state index is -0.429. The maximum Gasteiger partial charge on any atom is 0.237 e. The summed E-state index contributed by atoms with van der Waals surface area (Å²) in [6.07, 6.45) is 2.87. The minimum absolute atomic E-state index is 0.184. The highest BCUT2D eigenvalue weighted by molar-refractivity contribution is 8.00. The van der Waals surface area contributed by atoms with E-state index in [1.165, 1.54) is 0 Å². The Morgan fingerprint density at radius 3 is 2.80 bits per heavy atom. The number of rotatable bonds is 5. The van der Waals surface area contributed by atoms with E-state index in [2.05, 4.69) is 19.2 Å².